The molecule has 21 heavy (non-hydrogen) atoms. The minimum atomic E-state index is 0.170. The second kappa shape index (κ2) is 7.30. The number of aryl methyl sites for hydroxylation is 2. The van der Waals surface area contributed by atoms with Crippen molar-refractivity contribution in [3.63, 3.8) is 0 Å². The summed E-state index contributed by atoms with van der Waals surface area (Å²) < 4.78 is 2.28. The van der Waals surface area contributed by atoms with E-state index in [4.69, 9.17) is 0 Å². The van der Waals surface area contributed by atoms with Crippen LogP contribution in [0.15, 0.2) is 30.5 Å². The number of para-hydroxylation sites is 1. The molecule has 0 saturated carbocycles. The van der Waals surface area contributed by atoms with Gasteiger partial charge in [0, 0.05) is 36.1 Å². The predicted molar refractivity (Wildman–Crippen MR) is 88.4 cm³/mol. The lowest BCUT2D eigenvalue weighted by molar-refractivity contribution is -0.121. The quantitative estimate of drug-likeness (QED) is 0.823. The van der Waals surface area contributed by atoms with E-state index in [0.29, 0.717) is 6.42 Å². The summed E-state index contributed by atoms with van der Waals surface area (Å²) in [4.78, 5) is 11.8. The number of nitrogens with one attached hydrogen (secondary N) is 1. The number of rotatable bonds is 7. The van der Waals surface area contributed by atoms with Gasteiger partial charge in [-0.05, 0) is 44.7 Å². The molecule has 1 N–H and O–H groups in total. The molecule has 0 fully saturated rings. The molecular formula is C18H26N2O. The first kappa shape index (κ1) is 15.6. The Morgan fingerprint density at radius 2 is 2.05 bits per heavy atom. The van der Waals surface area contributed by atoms with Gasteiger partial charge in [-0.2, -0.15) is 0 Å². The van der Waals surface area contributed by atoms with Gasteiger partial charge in [0.25, 0.3) is 0 Å². The lowest BCUT2D eigenvalue weighted by Crippen LogP contribution is -2.31. The molecule has 1 atom stereocenters. The summed E-state index contributed by atoms with van der Waals surface area (Å²) in [7, 11) is 0. The van der Waals surface area contributed by atoms with Gasteiger partial charge in [0.05, 0.1) is 0 Å². The highest BCUT2D eigenvalue weighted by molar-refractivity contribution is 5.84. The lowest BCUT2D eigenvalue weighted by atomic mass is 10.1. The topological polar surface area (TPSA) is 34.0 Å². The van der Waals surface area contributed by atoms with Gasteiger partial charge in [-0.25, -0.2) is 0 Å². The summed E-state index contributed by atoms with van der Waals surface area (Å²) in [5, 5.41) is 4.35. The normalized spacial score (nSPS) is 12.5. The zero-order valence-corrected chi connectivity index (χ0v) is 13.4. The molecule has 1 aromatic heterocycles. The summed E-state index contributed by atoms with van der Waals surface area (Å²) in [6, 6.07) is 8.78. The molecule has 0 aliphatic rings. The second-order valence-electron chi connectivity index (χ2n) is 5.69. The summed E-state index contributed by atoms with van der Waals surface area (Å²) in [5.41, 5.74) is 2.64. The van der Waals surface area contributed by atoms with E-state index < -0.39 is 0 Å². The molecule has 0 aliphatic heterocycles. The smallest absolute Gasteiger partial charge is 0.220 e. The Hall–Kier alpha value is -1.77. The Morgan fingerprint density at radius 3 is 2.76 bits per heavy atom. The SMILES string of the molecule is CC[C@@H](C)NC(=O)CCCc1cn(CC)c2ccccc12. The van der Waals surface area contributed by atoms with Crippen LogP contribution in [-0.2, 0) is 17.8 Å². The molecule has 2 aromatic rings. The van der Waals surface area contributed by atoms with Crippen molar-refractivity contribution in [2.75, 3.05) is 0 Å². The molecule has 3 nitrogen and oxygen atoms in total. The zero-order valence-electron chi connectivity index (χ0n) is 13.4. The van der Waals surface area contributed by atoms with Crippen LogP contribution in [-0.4, -0.2) is 16.5 Å². The third kappa shape index (κ3) is 3.87. The van der Waals surface area contributed by atoms with Gasteiger partial charge in [-0.1, -0.05) is 25.1 Å². The molecule has 3 heteroatoms. The molecule has 1 amide bonds. The first-order chi connectivity index (χ1) is 10.2. The van der Waals surface area contributed by atoms with Crippen molar-refractivity contribution in [2.24, 2.45) is 0 Å². The highest BCUT2D eigenvalue weighted by atomic mass is 16.1. The minimum absolute atomic E-state index is 0.170. The van der Waals surface area contributed by atoms with E-state index in [0.717, 1.165) is 25.8 Å². The van der Waals surface area contributed by atoms with E-state index in [1.807, 2.05) is 6.92 Å². The maximum absolute atomic E-state index is 11.8. The van der Waals surface area contributed by atoms with Gasteiger partial charge in [-0.15, -0.1) is 0 Å². The van der Waals surface area contributed by atoms with Crippen molar-refractivity contribution >= 4 is 16.8 Å². The summed E-state index contributed by atoms with van der Waals surface area (Å²) in [6.45, 7) is 7.28. The molecule has 0 bridgehead atoms. The monoisotopic (exact) mass is 286 g/mol. The van der Waals surface area contributed by atoms with Crippen LogP contribution < -0.4 is 5.32 Å². The fraction of sp³-hybridized carbons (Fsp3) is 0.500. The Bertz CT molecular complexity index is 600. The van der Waals surface area contributed by atoms with Gasteiger partial charge in [0.2, 0.25) is 5.91 Å². The van der Waals surface area contributed by atoms with E-state index in [2.05, 4.69) is 54.2 Å². The highest BCUT2D eigenvalue weighted by Gasteiger charge is 2.09. The predicted octanol–water partition coefficient (Wildman–Crippen LogP) is 3.90. The Balaban J connectivity index is 1.96. The van der Waals surface area contributed by atoms with Crippen molar-refractivity contribution in [3.8, 4) is 0 Å². The highest BCUT2D eigenvalue weighted by Crippen LogP contribution is 2.22. The molecule has 0 saturated heterocycles. The van der Waals surface area contributed by atoms with Crippen LogP contribution in [0.2, 0.25) is 0 Å². The van der Waals surface area contributed by atoms with Crippen LogP contribution in [0.5, 0.6) is 0 Å². The summed E-state index contributed by atoms with van der Waals surface area (Å²) >= 11 is 0. The van der Waals surface area contributed by atoms with Crippen molar-refractivity contribution in [2.45, 2.75) is 59.0 Å². The van der Waals surface area contributed by atoms with Crippen molar-refractivity contribution in [1.29, 1.82) is 0 Å². The molecule has 0 unspecified atom stereocenters. The maximum atomic E-state index is 11.8. The molecule has 1 aromatic carbocycles. The summed E-state index contributed by atoms with van der Waals surface area (Å²) in [6.07, 6.45) is 5.68. The number of hydrogen-bond donors (Lipinski definition) is 1. The van der Waals surface area contributed by atoms with E-state index in [1.165, 1.54) is 16.5 Å². The van der Waals surface area contributed by atoms with Gasteiger partial charge < -0.3 is 9.88 Å². The summed E-state index contributed by atoms with van der Waals surface area (Å²) in [5.74, 6) is 0.170. The molecule has 1 heterocycles. The van der Waals surface area contributed by atoms with E-state index >= 15 is 0 Å². The number of amides is 1. The molecule has 114 valence electrons. The third-order valence-electron chi connectivity index (χ3n) is 4.08. The number of hydrogen-bond acceptors (Lipinski definition) is 1. The number of benzene rings is 1. The van der Waals surface area contributed by atoms with Gasteiger partial charge in [-0.3, -0.25) is 4.79 Å². The largest absolute Gasteiger partial charge is 0.354 e. The van der Waals surface area contributed by atoms with Crippen LogP contribution in [0, 0.1) is 0 Å². The van der Waals surface area contributed by atoms with E-state index in [9.17, 15) is 4.79 Å². The number of fused-ring (bicyclic) bond motifs is 1. The van der Waals surface area contributed by atoms with Crippen molar-refractivity contribution < 1.29 is 4.79 Å². The average molecular weight is 286 g/mol. The Kier molecular flexibility index (Phi) is 5.43. The molecule has 0 aliphatic carbocycles. The van der Waals surface area contributed by atoms with Crippen LogP contribution in [0.4, 0.5) is 0 Å². The van der Waals surface area contributed by atoms with Crippen LogP contribution in [0.1, 0.15) is 45.6 Å². The van der Waals surface area contributed by atoms with E-state index in [1.54, 1.807) is 0 Å². The van der Waals surface area contributed by atoms with E-state index in [-0.39, 0.29) is 11.9 Å². The standard InChI is InChI=1S/C18H26N2O/c1-4-14(3)19-18(21)12-8-9-15-13-20(5-2)17-11-7-6-10-16(15)17/h6-7,10-11,13-14H,4-5,8-9,12H2,1-3H3,(H,19,21)/t14-/m1/s1. The van der Waals surface area contributed by atoms with Gasteiger partial charge >= 0.3 is 0 Å². The zero-order chi connectivity index (χ0) is 15.2. The Morgan fingerprint density at radius 1 is 1.29 bits per heavy atom. The lowest BCUT2D eigenvalue weighted by Gasteiger charge is -2.10. The van der Waals surface area contributed by atoms with Crippen molar-refractivity contribution in [3.05, 3.63) is 36.0 Å². The second-order valence-corrected chi connectivity index (χ2v) is 5.69. The number of carbonyl (C=O) groups is 1. The Labute approximate surface area is 127 Å². The molecule has 0 radical (unpaired) electrons. The molecule has 2 rings (SSSR count). The first-order valence-corrected chi connectivity index (χ1v) is 8.01. The van der Waals surface area contributed by atoms with Crippen LogP contribution >= 0.6 is 0 Å². The van der Waals surface area contributed by atoms with Gasteiger partial charge in [0.1, 0.15) is 0 Å². The molecular weight excluding hydrogens is 260 g/mol. The maximum Gasteiger partial charge on any atom is 0.220 e. The minimum Gasteiger partial charge on any atom is -0.354 e. The van der Waals surface area contributed by atoms with Crippen molar-refractivity contribution in [1.82, 2.24) is 9.88 Å². The fourth-order valence-electron chi connectivity index (χ4n) is 2.67. The molecule has 0 spiro atoms. The number of carbonyl (C=O) groups excluding carboxylic acids is 1. The third-order valence-corrected chi connectivity index (χ3v) is 4.08. The fourth-order valence-corrected chi connectivity index (χ4v) is 2.67. The number of nitrogens with zero attached hydrogens (tertiary/aromatic N) is 1. The number of aromatic nitrogens is 1. The van der Waals surface area contributed by atoms with Crippen LogP contribution in [0.25, 0.3) is 10.9 Å². The van der Waals surface area contributed by atoms with Gasteiger partial charge in [0.15, 0.2) is 0 Å². The first-order valence-electron chi connectivity index (χ1n) is 8.01. The van der Waals surface area contributed by atoms with Crippen LogP contribution in [0.3, 0.4) is 0 Å². The average Bonchev–Trinajstić information content (AvgIpc) is 2.85.